The topological polar surface area (TPSA) is 84.9 Å². The van der Waals surface area contributed by atoms with Crippen LogP contribution < -0.4 is 5.32 Å². The van der Waals surface area contributed by atoms with E-state index in [1.165, 1.54) is 16.7 Å². The number of thioether (sulfide) groups is 2. The van der Waals surface area contributed by atoms with Crippen LogP contribution in [-0.4, -0.2) is 60.6 Å². The molecule has 2 aliphatic rings. The van der Waals surface area contributed by atoms with Crippen LogP contribution in [0.2, 0.25) is 0 Å². The van der Waals surface area contributed by atoms with E-state index in [9.17, 15) is 14.4 Å². The number of benzene rings is 1. The fraction of sp³-hybridized carbons (Fsp3) is 0.526. The Hall–Kier alpha value is -1.00. The predicted octanol–water partition coefficient (Wildman–Crippen LogP) is 3.95. The zero-order chi connectivity index (χ0) is 23.0. The molecule has 2 saturated heterocycles. The maximum absolute atomic E-state index is 13.1. The third-order valence-electron chi connectivity index (χ3n) is 4.93. The summed E-state index contributed by atoms with van der Waals surface area (Å²) in [7, 11) is 0. The van der Waals surface area contributed by atoms with Crippen molar-refractivity contribution in [2.24, 2.45) is 0 Å². The molecule has 0 aromatic heterocycles. The molecule has 7 nitrogen and oxygen atoms in total. The van der Waals surface area contributed by atoms with Gasteiger partial charge < -0.3 is 14.4 Å². The second kappa shape index (κ2) is 9.09. The van der Waals surface area contributed by atoms with Crippen LogP contribution in [0.15, 0.2) is 30.3 Å². The highest BCUT2D eigenvalue weighted by atomic mass is 35.6. The number of fused-ring (bicyclic) bond motifs is 1. The quantitative estimate of drug-likeness (QED) is 0.259. The summed E-state index contributed by atoms with van der Waals surface area (Å²) in [5, 5.41) is 2.10. The van der Waals surface area contributed by atoms with Gasteiger partial charge in [-0.2, -0.15) is 0 Å². The van der Waals surface area contributed by atoms with Gasteiger partial charge in [0.2, 0.25) is 3.79 Å². The highest BCUT2D eigenvalue weighted by molar-refractivity contribution is 8.05. The second-order valence-corrected chi connectivity index (χ2v) is 12.8. The standard InChI is InChI=1S/C19H21Cl3N2O5S2/c1-17(2)12(13(25)28-9-11-7-5-4-6-8-11)24-14(26)19(30-3,15(24)31-17)23-16(27)29-10-18(20,21)22/h4-8,12,15H,9-10H2,1-3H3,(H,23,27)/t12-,15+,19-/m0/s1. The number of esters is 1. The largest absolute Gasteiger partial charge is 0.459 e. The van der Waals surface area contributed by atoms with Crippen LogP contribution in [0.1, 0.15) is 19.4 Å². The minimum atomic E-state index is -1.77. The maximum atomic E-state index is 13.1. The van der Waals surface area contributed by atoms with Crippen LogP contribution in [0, 0.1) is 0 Å². The van der Waals surface area contributed by atoms with Crippen molar-refractivity contribution in [3.63, 3.8) is 0 Å². The molecule has 1 aromatic carbocycles. The molecule has 31 heavy (non-hydrogen) atoms. The van der Waals surface area contributed by atoms with Gasteiger partial charge in [-0.1, -0.05) is 65.1 Å². The number of nitrogens with zero attached hydrogens (tertiary/aromatic N) is 1. The molecule has 0 radical (unpaired) electrons. The fourth-order valence-electron chi connectivity index (χ4n) is 3.51. The van der Waals surface area contributed by atoms with E-state index in [2.05, 4.69) is 5.32 Å². The number of carbonyl (C=O) groups excluding carboxylic acids is 3. The molecule has 3 rings (SSSR count). The monoisotopic (exact) mass is 526 g/mol. The minimum Gasteiger partial charge on any atom is -0.459 e. The number of carbonyl (C=O) groups is 3. The highest BCUT2D eigenvalue weighted by Crippen LogP contribution is 2.58. The van der Waals surface area contributed by atoms with Gasteiger partial charge in [0.05, 0.1) is 0 Å². The van der Waals surface area contributed by atoms with E-state index in [0.717, 1.165) is 17.3 Å². The molecule has 0 bridgehead atoms. The van der Waals surface area contributed by atoms with Gasteiger partial charge in [0, 0.05) is 4.75 Å². The molecule has 2 amide bonds. The molecule has 2 fully saturated rings. The zero-order valence-electron chi connectivity index (χ0n) is 16.9. The molecule has 0 unspecified atom stereocenters. The number of nitrogens with one attached hydrogen (secondary N) is 1. The molecule has 0 spiro atoms. The Balaban J connectivity index is 1.71. The Bertz CT molecular complexity index is 868. The molecule has 0 saturated carbocycles. The van der Waals surface area contributed by atoms with Crippen LogP contribution in [0.3, 0.4) is 0 Å². The number of rotatable bonds is 6. The number of hydrogen-bond acceptors (Lipinski definition) is 7. The first-order valence-electron chi connectivity index (χ1n) is 9.19. The van der Waals surface area contributed by atoms with Gasteiger partial charge in [-0.3, -0.25) is 10.1 Å². The third-order valence-corrected chi connectivity index (χ3v) is 8.18. The van der Waals surface area contributed by atoms with E-state index in [1.54, 1.807) is 6.26 Å². The average Bonchev–Trinajstić information content (AvgIpc) is 2.97. The molecule has 0 aliphatic carbocycles. The summed E-state index contributed by atoms with van der Waals surface area (Å²) in [5.41, 5.74) is 0.850. The van der Waals surface area contributed by atoms with Crippen LogP contribution in [-0.2, 0) is 25.7 Å². The summed E-state index contributed by atoms with van der Waals surface area (Å²) in [6, 6.07) is 8.49. The van der Waals surface area contributed by atoms with E-state index in [4.69, 9.17) is 44.3 Å². The SMILES string of the molecule is CS[C@@]1(NC(=O)OCC(Cl)(Cl)Cl)C(=O)N2[C@@H](C(=O)OCc3ccccc3)C(C)(C)S[C@@H]21. The van der Waals surface area contributed by atoms with Crippen molar-refractivity contribution in [3.8, 4) is 0 Å². The first kappa shape index (κ1) is 24.6. The van der Waals surface area contributed by atoms with Crippen LogP contribution in [0.25, 0.3) is 0 Å². The summed E-state index contributed by atoms with van der Waals surface area (Å²) in [6.45, 7) is 3.37. The van der Waals surface area contributed by atoms with Gasteiger partial charge >= 0.3 is 12.1 Å². The van der Waals surface area contributed by atoms with Crippen molar-refractivity contribution in [2.45, 2.75) is 45.3 Å². The second-order valence-electron chi connectivity index (χ2n) is 7.54. The Morgan fingerprint density at radius 1 is 1.23 bits per heavy atom. The molecule has 1 aromatic rings. The highest BCUT2D eigenvalue weighted by Gasteiger charge is 2.72. The van der Waals surface area contributed by atoms with Gasteiger partial charge in [-0.15, -0.1) is 23.5 Å². The van der Waals surface area contributed by atoms with Crippen LogP contribution in [0.4, 0.5) is 4.79 Å². The van der Waals surface area contributed by atoms with E-state index in [0.29, 0.717) is 0 Å². The third kappa shape index (κ3) is 5.00. The molecular formula is C19H21Cl3N2O5S2. The first-order chi connectivity index (χ1) is 14.4. The van der Waals surface area contributed by atoms with Crippen LogP contribution >= 0.6 is 58.3 Å². The van der Waals surface area contributed by atoms with Crippen molar-refractivity contribution >= 4 is 76.3 Å². The number of halogens is 3. The van der Waals surface area contributed by atoms with Crippen molar-refractivity contribution in [3.05, 3.63) is 35.9 Å². The molecule has 3 atom stereocenters. The van der Waals surface area contributed by atoms with Gasteiger partial charge in [0.1, 0.15) is 24.6 Å². The fourth-order valence-corrected chi connectivity index (χ4v) is 6.46. The summed E-state index contributed by atoms with van der Waals surface area (Å²) in [5.74, 6) is -0.902. The van der Waals surface area contributed by atoms with E-state index in [-0.39, 0.29) is 6.61 Å². The number of alkyl halides is 3. The number of hydrogen-bond donors (Lipinski definition) is 1. The number of ether oxygens (including phenoxy) is 2. The summed E-state index contributed by atoms with van der Waals surface area (Å²) in [4.78, 5) is 38.5. The van der Waals surface area contributed by atoms with E-state index in [1.807, 2.05) is 44.2 Å². The Morgan fingerprint density at radius 3 is 2.45 bits per heavy atom. The van der Waals surface area contributed by atoms with Gasteiger partial charge in [0.25, 0.3) is 5.91 Å². The number of amides is 2. The molecule has 170 valence electrons. The molecular weight excluding hydrogens is 507 g/mol. The van der Waals surface area contributed by atoms with Gasteiger partial charge in [0.15, 0.2) is 4.87 Å². The van der Waals surface area contributed by atoms with Gasteiger partial charge in [-0.25, -0.2) is 9.59 Å². The first-order valence-corrected chi connectivity index (χ1v) is 12.4. The van der Waals surface area contributed by atoms with Crippen molar-refractivity contribution < 1.29 is 23.9 Å². The lowest BCUT2D eigenvalue weighted by atomic mass is 9.95. The maximum Gasteiger partial charge on any atom is 0.408 e. The van der Waals surface area contributed by atoms with E-state index < -0.39 is 49.4 Å². The Labute approximate surface area is 203 Å². The normalized spacial score (nSPS) is 26.6. The summed E-state index contributed by atoms with van der Waals surface area (Å²) < 4.78 is 8.02. The molecule has 12 heteroatoms. The van der Waals surface area contributed by atoms with Crippen LogP contribution in [0.5, 0.6) is 0 Å². The zero-order valence-corrected chi connectivity index (χ0v) is 20.8. The average molecular weight is 528 g/mol. The molecule has 1 N–H and O–H groups in total. The van der Waals surface area contributed by atoms with Crippen molar-refractivity contribution in [2.75, 3.05) is 12.9 Å². The lowest BCUT2D eigenvalue weighted by Crippen LogP contribution is -2.78. The Kier molecular flexibility index (Phi) is 7.23. The van der Waals surface area contributed by atoms with Gasteiger partial charge in [-0.05, 0) is 25.7 Å². The van der Waals surface area contributed by atoms with Crippen molar-refractivity contribution in [1.29, 1.82) is 0 Å². The Morgan fingerprint density at radius 2 is 1.87 bits per heavy atom. The van der Waals surface area contributed by atoms with E-state index >= 15 is 0 Å². The van der Waals surface area contributed by atoms with Crippen molar-refractivity contribution in [1.82, 2.24) is 10.2 Å². The predicted molar refractivity (Wildman–Crippen MR) is 123 cm³/mol. The molecule has 2 aliphatic heterocycles. The number of alkyl carbamates (subject to hydrolysis) is 1. The molecule has 2 heterocycles. The summed E-state index contributed by atoms with van der Waals surface area (Å²) >= 11 is 19.4. The number of β-lactam (4-membered cyclic amide) rings is 1. The lowest BCUT2D eigenvalue weighted by Gasteiger charge is -2.51. The smallest absolute Gasteiger partial charge is 0.408 e. The summed E-state index contributed by atoms with van der Waals surface area (Å²) in [6.07, 6.45) is 0.807. The minimum absolute atomic E-state index is 0.110. The lowest BCUT2D eigenvalue weighted by molar-refractivity contribution is -0.165.